The SMILES string of the molecule is CCCCOCCOC(=O)c1csc(-c2cccc(Cl)c2)n1. The summed E-state index contributed by atoms with van der Waals surface area (Å²) in [6.07, 6.45) is 2.11. The van der Waals surface area contributed by atoms with Crippen molar-refractivity contribution < 1.29 is 14.3 Å². The van der Waals surface area contributed by atoms with Gasteiger partial charge in [0, 0.05) is 22.6 Å². The molecule has 0 bridgehead atoms. The highest BCUT2D eigenvalue weighted by Crippen LogP contribution is 2.26. The fraction of sp³-hybridized carbons (Fsp3) is 0.375. The van der Waals surface area contributed by atoms with Crippen LogP contribution in [0.15, 0.2) is 29.6 Å². The Kier molecular flexibility index (Phi) is 6.83. The lowest BCUT2D eigenvalue weighted by Crippen LogP contribution is -2.11. The van der Waals surface area contributed by atoms with Gasteiger partial charge < -0.3 is 9.47 Å². The van der Waals surface area contributed by atoms with E-state index >= 15 is 0 Å². The van der Waals surface area contributed by atoms with Crippen LogP contribution in [-0.4, -0.2) is 30.8 Å². The summed E-state index contributed by atoms with van der Waals surface area (Å²) in [6, 6.07) is 7.37. The van der Waals surface area contributed by atoms with E-state index < -0.39 is 5.97 Å². The molecule has 22 heavy (non-hydrogen) atoms. The fourth-order valence-electron chi connectivity index (χ4n) is 1.74. The molecule has 0 unspecified atom stereocenters. The number of nitrogens with zero attached hydrogens (tertiary/aromatic N) is 1. The van der Waals surface area contributed by atoms with Gasteiger partial charge in [0.15, 0.2) is 5.69 Å². The average molecular weight is 340 g/mol. The fourth-order valence-corrected chi connectivity index (χ4v) is 2.71. The Morgan fingerprint density at radius 2 is 2.18 bits per heavy atom. The van der Waals surface area contributed by atoms with Crippen LogP contribution in [0.4, 0.5) is 0 Å². The summed E-state index contributed by atoms with van der Waals surface area (Å²) < 4.78 is 10.5. The van der Waals surface area contributed by atoms with Gasteiger partial charge in [0.2, 0.25) is 0 Å². The molecule has 0 amide bonds. The number of benzene rings is 1. The van der Waals surface area contributed by atoms with Crippen LogP contribution in [0.5, 0.6) is 0 Å². The average Bonchev–Trinajstić information content (AvgIpc) is 3.00. The molecule has 0 saturated carbocycles. The number of hydrogen-bond acceptors (Lipinski definition) is 5. The second-order valence-electron chi connectivity index (χ2n) is 4.65. The number of halogens is 1. The Hall–Kier alpha value is -1.43. The van der Waals surface area contributed by atoms with Crippen molar-refractivity contribution in [3.63, 3.8) is 0 Å². The molecule has 0 aliphatic heterocycles. The molecular formula is C16H18ClNO3S. The number of esters is 1. The molecule has 0 saturated heterocycles. The summed E-state index contributed by atoms with van der Waals surface area (Å²) in [4.78, 5) is 16.2. The smallest absolute Gasteiger partial charge is 0.357 e. The van der Waals surface area contributed by atoms with Crippen LogP contribution in [0.1, 0.15) is 30.3 Å². The van der Waals surface area contributed by atoms with Gasteiger partial charge in [-0.1, -0.05) is 37.1 Å². The van der Waals surface area contributed by atoms with Gasteiger partial charge in [0.25, 0.3) is 0 Å². The molecule has 0 N–H and O–H groups in total. The lowest BCUT2D eigenvalue weighted by molar-refractivity contribution is 0.0309. The lowest BCUT2D eigenvalue weighted by atomic mass is 10.2. The van der Waals surface area contributed by atoms with Crippen LogP contribution in [0.25, 0.3) is 10.6 Å². The van der Waals surface area contributed by atoms with Crippen LogP contribution in [0.3, 0.4) is 0 Å². The van der Waals surface area contributed by atoms with Gasteiger partial charge >= 0.3 is 5.97 Å². The molecule has 0 aliphatic rings. The summed E-state index contributed by atoms with van der Waals surface area (Å²) in [5.74, 6) is -0.427. The summed E-state index contributed by atoms with van der Waals surface area (Å²) in [5, 5.41) is 3.07. The van der Waals surface area contributed by atoms with E-state index in [1.54, 1.807) is 11.4 Å². The normalized spacial score (nSPS) is 10.6. The molecule has 118 valence electrons. The van der Waals surface area contributed by atoms with Gasteiger partial charge in [0.05, 0.1) is 6.61 Å². The van der Waals surface area contributed by atoms with Gasteiger partial charge in [-0.3, -0.25) is 0 Å². The number of thiazole rings is 1. The third-order valence-corrected chi connectivity index (χ3v) is 4.01. The van der Waals surface area contributed by atoms with E-state index in [9.17, 15) is 4.79 Å². The zero-order valence-electron chi connectivity index (χ0n) is 12.4. The van der Waals surface area contributed by atoms with Gasteiger partial charge in [-0.2, -0.15) is 0 Å². The molecule has 0 radical (unpaired) electrons. The number of aromatic nitrogens is 1. The molecule has 2 aromatic rings. The first kappa shape index (κ1) is 16.9. The van der Waals surface area contributed by atoms with E-state index in [-0.39, 0.29) is 6.61 Å². The van der Waals surface area contributed by atoms with E-state index in [4.69, 9.17) is 21.1 Å². The van der Waals surface area contributed by atoms with Crippen LogP contribution in [-0.2, 0) is 9.47 Å². The molecule has 1 heterocycles. The van der Waals surface area contributed by atoms with Crippen LogP contribution >= 0.6 is 22.9 Å². The number of unbranched alkanes of at least 4 members (excludes halogenated alkanes) is 1. The van der Waals surface area contributed by atoms with Crippen LogP contribution in [0, 0.1) is 0 Å². The van der Waals surface area contributed by atoms with Crippen molar-refractivity contribution in [2.24, 2.45) is 0 Å². The predicted octanol–water partition coefficient (Wildman–Crippen LogP) is 4.44. The van der Waals surface area contributed by atoms with E-state index in [0.717, 1.165) is 23.4 Å². The quantitative estimate of drug-likeness (QED) is 0.527. The van der Waals surface area contributed by atoms with E-state index in [0.29, 0.717) is 23.9 Å². The van der Waals surface area contributed by atoms with Gasteiger partial charge in [-0.05, 0) is 18.6 Å². The zero-order valence-corrected chi connectivity index (χ0v) is 14.0. The third kappa shape index (κ3) is 5.09. The van der Waals surface area contributed by atoms with Crippen molar-refractivity contribution in [3.05, 3.63) is 40.4 Å². The standard InChI is InChI=1S/C16H18ClNO3S/c1-2-3-7-20-8-9-21-16(19)14-11-22-15(18-14)12-5-4-6-13(17)10-12/h4-6,10-11H,2-3,7-9H2,1H3. The molecule has 1 aromatic heterocycles. The highest BCUT2D eigenvalue weighted by Gasteiger charge is 2.13. The number of ether oxygens (including phenoxy) is 2. The highest BCUT2D eigenvalue weighted by atomic mass is 35.5. The van der Waals surface area contributed by atoms with Crippen molar-refractivity contribution in [1.82, 2.24) is 4.98 Å². The highest BCUT2D eigenvalue weighted by molar-refractivity contribution is 7.13. The number of carbonyl (C=O) groups excluding carboxylic acids is 1. The van der Waals surface area contributed by atoms with Crippen molar-refractivity contribution in [1.29, 1.82) is 0 Å². The summed E-state index contributed by atoms with van der Waals surface area (Å²) in [6.45, 7) is 3.45. The third-order valence-electron chi connectivity index (χ3n) is 2.89. The van der Waals surface area contributed by atoms with E-state index in [1.165, 1.54) is 11.3 Å². The summed E-state index contributed by atoms with van der Waals surface area (Å²) >= 11 is 7.34. The minimum atomic E-state index is -0.427. The molecule has 1 aromatic carbocycles. The predicted molar refractivity (Wildman–Crippen MR) is 88.6 cm³/mol. The molecule has 4 nitrogen and oxygen atoms in total. The number of rotatable bonds is 8. The molecular weight excluding hydrogens is 322 g/mol. The number of carbonyl (C=O) groups is 1. The zero-order chi connectivity index (χ0) is 15.8. The molecule has 0 atom stereocenters. The Balaban J connectivity index is 1.84. The Morgan fingerprint density at radius 3 is 2.95 bits per heavy atom. The monoisotopic (exact) mass is 339 g/mol. The first-order valence-corrected chi connectivity index (χ1v) is 8.43. The topological polar surface area (TPSA) is 48.4 Å². The first-order chi connectivity index (χ1) is 10.7. The minimum absolute atomic E-state index is 0.243. The Labute approximate surface area is 139 Å². The van der Waals surface area contributed by atoms with Crippen molar-refractivity contribution in [3.8, 4) is 10.6 Å². The molecule has 0 aliphatic carbocycles. The maximum absolute atomic E-state index is 11.9. The molecule has 2 rings (SSSR count). The maximum Gasteiger partial charge on any atom is 0.357 e. The lowest BCUT2D eigenvalue weighted by Gasteiger charge is -2.04. The van der Waals surface area contributed by atoms with Crippen molar-refractivity contribution >= 4 is 28.9 Å². The largest absolute Gasteiger partial charge is 0.458 e. The van der Waals surface area contributed by atoms with Crippen LogP contribution < -0.4 is 0 Å². The van der Waals surface area contributed by atoms with Gasteiger partial charge in [0.1, 0.15) is 11.6 Å². The van der Waals surface area contributed by atoms with Gasteiger partial charge in [-0.25, -0.2) is 9.78 Å². The Morgan fingerprint density at radius 1 is 1.32 bits per heavy atom. The number of hydrogen-bond donors (Lipinski definition) is 0. The summed E-state index contributed by atoms with van der Waals surface area (Å²) in [5.41, 5.74) is 1.20. The molecule has 0 fully saturated rings. The van der Waals surface area contributed by atoms with Crippen molar-refractivity contribution in [2.75, 3.05) is 19.8 Å². The second-order valence-corrected chi connectivity index (χ2v) is 5.94. The molecule has 6 heteroatoms. The molecule has 0 spiro atoms. The Bertz CT molecular complexity index is 615. The van der Waals surface area contributed by atoms with E-state index in [1.807, 2.05) is 18.2 Å². The summed E-state index contributed by atoms with van der Waals surface area (Å²) in [7, 11) is 0. The van der Waals surface area contributed by atoms with Gasteiger partial charge in [-0.15, -0.1) is 11.3 Å². The van der Waals surface area contributed by atoms with Crippen molar-refractivity contribution in [2.45, 2.75) is 19.8 Å². The van der Waals surface area contributed by atoms with Crippen LogP contribution in [0.2, 0.25) is 5.02 Å². The first-order valence-electron chi connectivity index (χ1n) is 7.17. The maximum atomic E-state index is 11.9. The minimum Gasteiger partial charge on any atom is -0.458 e. The van der Waals surface area contributed by atoms with E-state index in [2.05, 4.69) is 11.9 Å². The second kappa shape index (κ2) is 8.88.